The number of aliphatic hydroxyl groups is 1. The molecule has 3 saturated carbocycles. The predicted octanol–water partition coefficient (Wildman–Crippen LogP) is 9.20. The fraction of sp³-hybridized carbons (Fsp3) is 0.765. The molecule has 3 heteroatoms. The summed E-state index contributed by atoms with van der Waals surface area (Å²) >= 11 is 0. The number of allylic oxidation sites excluding steroid dienone is 1. The van der Waals surface area contributed by atoms with Crippen molar-refractivity contribution in [3.63, 3.8) is 0 Å². The lowest BCUT2D eigenvalue weighted by molar-refractivity contribution is -0.0573. The number of hydrogen-bond donors (Lipinski definition) is 1. The molecule has 5 rings (SSSR count). The van der Waals surface area contributed by atoms with E-state index in [0.29, 0.717) is 34.7 Å². The van der Waals surface area contributed by atoms with E-state index < -0.39 is 5.82 Å². The Bertz CT molecular complexity index is 1020. The Morgan fingerprint density at radius 3 is 2.57 bits per heavy atom. The van der Waals surface area contributed by atoms with Crippen LogP contribution in [0.5, 0.6) is 0 Å². The quantitative estimate of drug-likeness (QED) is 0.361. The van der Waals surface area contributed by atoms with Gasteiger partial charge in [-0.05, 0) is 123 Å². The first-order valence-electron chi connectivity index (χ1n) is 15.4. The summed E-state index contributed by atoms with van der Waals surface area (Å²) in [5, 5.41) is 10.3. The molecule has 4 aliphatic carbocycles. The van der Waals surface area contributed by atoms with Crippen molar-refractivity contribution in [2.45, 2.75) is 118 Å². The maximum absolute atomic E-state index is 14.5. The maximum atomic E-state index is 14.5. The van der Waals surface area contributed by atoms with Gasteiger partial charge < -0.3 is 5.11 Å². The molecular formula is C34H50F2O. The highest BCUT2D eigenvalue weighted by molar-refractivity contribution is 5.27. The van der Waals surface area contributed by atoms with Gasteiger partial charge in [-0.2, -0.15) is 0 Å². The molecule has 3 fully saturated rings. The highest BCUT2D eigenvalue weighted by atomic mass is 19.1. The molecule has 0 aliphatic heterocycles. The Morgan fingerprint density at radius 1 is 1.00 bits per heavy atom. The summed E-state index contributed by atoms with van der Waals surface area (Å²) in [6.45, 7) is 11.5. The summed E-state index contributed by atoms with van der Waals surface area (Å²) in [6, 6.07) is 2.95. The molecule has 0 radical (unpaired) electrons. The molecule has 1 N–H and O–H groups in total. The van der Waals surface area contributed by atoms with Crippen molar-refractivity contribution in [1.82, 2.24) is 0 Å². The Kier molecular flexibility index (Phi) is 7.69. The minimum absolute atomic E-state index is 0.126. The van der Waals surface area contributed by atoms with Crippen LogP contribution in [0.2, 0.25) is 0 Å². The van der Waals surface area contributed by atoms with Gasteiger partial charge in [0.25, 0.3) is 0 Å². The maximum Gasteiger partial charge on any atom is 0.132 e. The molecule has 0 saturated heterocycles. The van der Waals surface area contributed by atoms with Crippen molar-refractivity contribution in [1.29, 1.82) is 0 Å². The molecule has 1 nitrogen and oxygen atoms in total. The van der Waals surface area contributed by atoms with Crippen molar-refractivity contribution in [2.24, 2.45) is 46.3 Å². The normalized spacial score (nSPS) is 38.8. The average molecular weight is 513 g/mol. The highest BCUT2D eigenvalue weighted by Gasteiger charge is 2.59. The molecule has 0 heterocycles. The Balaban J connectivity index is 1.18. The van der Waals surface area contributed by atoms with Crippen LogP contribution in [0.25, 0.3) is 0 Å². The van der Waals surface area contributed by atoms with Crippen molar-refractivity contribution in [3.05, 3.63) is 46.5 Å². The van der Waals surface area contributed by atoms with Gasteiger partial charge in [0, 0.05) is 5.56 Å². The third kappa shape index (κ3) is 4.85. The van der Waals surface area contributed by atoms with E-state index in [1.807, 2.05) is 0 Å². The van der Waals surface area contributed by atoms with Gasteiger partial charge in [0.05, 0.1) is 6.10 Å². The number of fused-ring (bicyclic) bond motifs is 5. The van der Waals surface area contributed by atoms with Gasteiger partial charge in [-0.1, -0.05) is 64.7 Å². The zero-order valence-corrected chi connectivity index (χ0v) is 24.0. The zero-order valence-electron chi connectivity index (χ0n) is 24.0. The highest BCUT2D eigenvalue weighted by Crippen LogP contribution is 2.67. The van der Waals surface area contributed by atoms with Crippen LogP contribution < -0.4 is 0 Å². The molecule has 0 aromatic heterocycles. The largest absolute Gasteiger partial charge is 0.393 e. The second-order valence-electron chi connectivity index (χ2n) is 14.3. The topological polar surface area (TPSA) is 20.2 Å². The zero-order chi connectivity index (χ0) is 26.5. The molecule has 1 unspecified atom stereocenters. The third-order valence-electron chi connectivity index (χ3n) is 12.1. The van der Waals surface area contributed by atoms with Crippen LogP contribution in [-0.2, 0) is 6.42 Å². The molecule has 37 heavy (non-hydrogen) atoms. The molecule has 0 amide bonds. The van der Waals surface area contributed by atoms with E-state index in [1.165, 1.54) is 57.1 Å². The molecule has 1 aromatic rings. The summed E-state index contributed by atoms with van der Waals surface area (Å²) < 4.78 is 28.7. The third-order valence-corrected chi connectivity index (χ3v) is 12.1. The van der Waals surface area contributed by atoms with Gasteiger partial charge in [-0.3, -0.25) is 0 Å². The lowest BCUT2D eigenvalue weighted by Gasteiger charge is -2.58. The van der Waals surface area contributed by atoms with E-state index in [4.69, 9.17) is 0 Å². The van der Waals surface area contributed by atoms with E-state index in [-0.39, 0.29) is 17.5 Å². The minimum Gasteiger partial charge on any atom is -0.393 e. The fourth-order valence-corrected chi connectivity index (χ4v) is 9.96. The SMILES string of the molecule is Cc1ccc(F)c(CC(C)CCC[C@@H](C)[C@H]2CC[C@H]3[C@@H]4CC=C5C[C@@H](O)CC[C@]5(C)[C@H]4CC[C@]23C)c1F. The standard InChI is InChI=1S/C34H50F2O/c1-21(19-27-31(35)14-9-23(3)32(27)36)7-6-8-22(2)28-12-13-29-26-11-10-24-20-25(37)15-17-33(24,4)30(26)16-18-34(28,29)5/h9-10,14,21-22,25-26,28-30,37H,6-8,11-13,15-20H2,1-5H3/t21?,22-,25+,26+,28-,29+,30+,33+,34-/m1/s1. The number of hydrogen-bond acceptors (Lipinski definition) is 1. The number of benzene rings is 1. The van der Waals surface area contributed by atoms with E-state index in [2.05, 4.69) is 33.8 Å². The Hall–Kier alpha value is -1.22. The lowest BCUT2D eigenvalue weighted by atomic mass is 9.47. The van der Waals surface area contributed by atoms with Gasteiger partial charge in [0.15, 0.2) is 0 Å². The van der Waals surface area contributed by atoms with Crippen molar-refractivity contribution < 1.29 is 13.9 Å². The van der Waals surface area contributed by atoms with E-state index in [1.54, 1.807) is 12.5 Å². The average Bonchev–Trinajstić information content (AvgIpc) is 3.22. The Morgan fingerprint density at radius 2 is 1.78 bits per heavy atom. The second kappa shape index (κ2) is 10.4. The first-order chi connectivity index (χ1) is 17.5. The lowest BCUT2D eigenvalue weighted by Crippen LogP contribution is -2.50. The molecule has 0 spiro atoms. The van der Waals surface area contributed by atoms with Crippen LogP contribution in [0.3, 0.4) is 0 Å². The van der Waals surface area contributed by atoms with Gasteiger partial charge in [0.2, 0.25) is 0 Å². The first kappa shape index (κ1) is 27.4. The molecule has 9 atom stereocenters. The van der Waals surface area contributed by atoms with Gasteiger partial charge in [-0.15, -0.1) is 0 Å². The summed E-state index contributed by atoms with van der Waals surface area (Å²) in [4.78, 5) is 0. The van der Waals surface area contributed by atoms with Crippen LogP contribution in [0, 0.1) is 64.9 Å². The summed E-state index contributed by atoms with van der Waals surface area (Å²) in [7, 11) is 0. The van der Waals surface area contributed by atoms with Gasteiger partial charge in [-0.25, -0.2) is 8.78 Å². The monoisotopic (exact) mass is 512 g/mol. The molecule has 206 valence electrons. The van der Waals surface area contributed by atoms with Crippen LogP contribution in [0.15, 0.2) is 23.8 Å². The van der Waals surface area contributed by atoms with Crippen molar-refractivity contribution in [2.75, 3.05) is 0 Å². The van der Waals surface area contributed by atoms with E-state index in [0.717, 1.165) is 49.4 Å². The minimum atomic E-state index is -0.396. The summed E-state index contributed by atoms with van der Waals surface area (Å²) in [5.41, 5.74) is 3.15. The van der Waals surface area contributed by atoms with Crippen molar-refractivity contribution >= 4 is 0 Å². The van der Waals surface area contributed by atoms with E-state index >= 15 is 0 Å². The van der Waals surface area contributed by atoms with Gasteiger partial charge >= 0.3 is 0 Å². The molecule has 1 aromatic carbocycles. The fourth-order valence-electron chi connectivity index (χ4n) is 9.96. The van der Waals surface area contributed by atoms with Crippen LogP contribution in [-0.4, -0.2) is 11.2 Å². The molecule has 4 aliphatic rings. The summed E-state index contributed by atoms with van der Waals surface area (Å²) in [5.74, 6) is 3.50. The smallest absolute Gasteiger partial charge is 0.132 e. The number of aliphatic hydroxyl groups excluding tert-OH is 1. The molecular weight excluding hydrogens is 462 g/mol. The Labute approximate surface area is 224 Å². The first-order valence-corrected chi connectivity index (χ1v) is 15.4. The number of rotatable bonds is 7. The summed E-state index contributed by atoms with van der Waals surface area (Å²) in [6.07, 6.45) is 16.1. The van der Waals surface area contributed by atoms with Gasteiger partial charge in [0.1, 0.15) is 11.6 Å². The molecule has 0 bridgehead atoms. The number of halogens is 2. The second-order valence-corrected chi connectivity index (χ2v) is 14.3. The van der Waals surface area contributed by atoms with Crippen molar-refractivity contribution in [3.8, 4) is 0 Å². The van der Waals surface area contributed by atoms with E-state index in [9.17, 15) is 13.9 Å². The number of aryl methyl sites for hydroxylation is 1. The van der Waals surface area contributed by atoms with Crippen LogP contribution in [0.1, 0.15) is 109 Å². The predicted molar refractivity (Wildman–Crippen MR) is 148 cm³/mol. The van der Waals surface area contributed by atoms with Crippen LogP contribution in [0.4, 0.5) is 8.78 Å². The van der Waals surface area contributed by atoms with Crippen LogP contribution >= 0.6 is 0 Å².